The molecule has 1 aliphatic carbocycles. The zero-order chi connectivity index (χ0) is 11.8. The van der Waals surface area contributed by atoms with E-state index < -0.39 is 0 Å². The molecule has 0 atom stereocenters. The molecular formula is C16H26. The molecule has 0 unspecified atom stereocenters. The highest BCUT2D eigenvalue weighted by molar-refractivity contribution is 5.09. The molecule has 0 saturated heterocycles. The van der Waals surface area contributed by atoms with Gasteiger partial charge >= 0.3 is 0 Å². The smallest absolute Gasteiger partial charge is 0.0286 e. The number of rotatable bonds is 6. The lowest BCUT2D eigenvalue weighted by molar-refractivity contribution is 0.852. The van der Waals surface area contributed by atoms with Gasteiger partial charge in [-0.2, -0.15) is 0 Å². The summed E-state index contributed by atoms with van der Waals surface area (Å²) < 4.78 is 0. The number of hydrogen-bond acceptors (Lipinski definition) is 0. The standard InChI is InChI=1S/C16H26/c1-14(2)15(3)10-6-4-5-7-11-16-12-8-9-13-16/h4-5,12H,6-11,13H2,1-3H3/b5-4+. The minimum atomic E-state index is 1.20. The van der Waals surface area contributed by atoms with Crippen LogP contribution in [0.1, 0.15) is 65.7 Å². The lowest BCUT2D eigenvalue weighted by Gasteiger charge is -2.00. The average molecular weight is 218 g/mol. The normalized spacial score (nSPS) is 15.6. The fourth-order valence-electron chi connectivity index (χ4n) is 2.02. The van der Waals surface area contributed by atoms with Crippen LogP contribution in [-0.4, -0.2) is 0 Å². The van der Waals surface area contributed by atoms with Gasteiger partial charge in [0, 0.05) is 0 Å². The van der Waals surface area contributed by atoms with Crippen molar-refractivity contribution in [3.8, 4) is 0 Å². The summed E-state index contributed by atoms with van der Waals surface area (Å²) in [5.74, 6) is 0. The van der Waals surface area contributed by atoms with E-state index in [1.165, 1.54) is 50.5 Å². The summed E-state index contributed by atoms with van der Waals surface area (Å²) in [5.41, 5.74) is 4.71. The van der Waals surface area contributed by atoms with Crippen molar-refractivity contribution in [1.29, 1.82) is 0 Å². The number of allylic oxidation sites excluding steroid dienone is 6. The van der Waals surface area contributed by atoms with Crippen molar-refractivity contribution in [2.45, 2.75) is 65.7 Å². The molecule has 0 bridgehead atoms. The fourth-order valence-corrected chi connectivity index (χ4v) is 2.02. The third-order valence-corrected chi connectivity index (χ3v) is 3.47. The van der Waals surface area contributed by atoms with Gasteiger partial charge < -0.3 is 0 Å². The number of hydrogen-bond donors (Lipinski definition) is 0. The highest BCUT2D eigenvalue weighted by Crippen LogP contribution is 2.21. The van der Waals surface area contributed by atoms with Crippen molar-refractivity contribution in [3.05, 3.63) is 34.9 Å². The molecule has 16 heavy (non-hydrogen) atoms. The van der Waals surface area contributed by atoms with Crippen LogP contribution < -0.4 is 0 Å². The van der Waals surface area contributed by atoms with Crippen molar-refractivity contribution in [2.24, 2.45) is 0 Å². The van der Waals surface area contributed by atoms with Crippen molar-refractivity contribution in [2.75, 3.05) is 0 Å². The molecule has 0 aromatic carbocycles. The summed E-state index contributed by atoms with van der Waals surface area (Å²) >= 11 is 0. The Hall–Kier alpha value is -0.780. The molecule has 0 heteroatoms. The van der Waals surface area contributed by atoms with Crippen LogP contribution in [-0.2, 0) is 0 Å². The predicted octanol–water partition coefficient (Wildman–Crippen LogP) is 5.57. The molecule has 90 valence electrons. The highest BCUT2D eigenvalue weighted by atomic mass is 14.1. The van der Waals surface area contributed by atoms with E-state index in [0.29, 0.717) is 0 Å². The highest BCUT2D eigenvalue weighted by Gasteiger charge is 2.01. The van der Waals surface area contributed by atoms with Crippen LogP contribution >= 0.6 is 0 Å². The Bertz CT molecular complexity index is 285. The zero-order valence-electron chi connectivity index (χ0n) is 11.2. The van der Waals surface area contributed by atoms with Crippen LogP contribution in [0.15, 0.2) is 34.9 Å². The molecule has 0 aliphatic heterocycles. The molecule has 0 aromatic rings. The van der Waals surface area contributed by atoms with E-state index in [4.69, 9.17) is 0 Å². The van der Waals surface area contributed by atoms with Gasteiger partial charge in [-0.15, -0.1) is 0 Å². The second-order valence-corrected chi connectivity index (χ2v) is 5.08. The Balaban J connectivity index is 2.07. The van der Waals surface area contributed by atoms with Gasteiger partial charge in [-0.3, -0.25) is 0 Å². The Morgan fingerprint density at radius 1 is 1.19 bits per heavy atom. The van der Waals surface area contributed by atoms with Crippen LogP contribution in [0.25, 0.3) is 0 Å². The lowest BCUT2D eigenvalue weighted by Crippen LogP contribution is -1.80. The first-order chi connectivity index (χ1) is 7.70. The first kappa shape index (κ1) is 13.3. The molecule has 1 rings (SSSR count). The van der Waals surface area contributed by atoms with Crippen LogP contribution in [0.3, 0.4) is 0 Å². The largest absolute Gasteiger partial charge is 0.0882 e. The molecule has 1 aliphatic rings. The topological polar surface area (TPSA) is 0 Å². The fraction of sp³-hybridized carbons (Fsp3) is 0.625. The Morgan fingerprint density at radius 2 is 1.94 bits per heavy atom. The summed E-state index contributed by atoms with van der Waals surface area (Å²) in [7, 11) is 0. The third kappa shape index (κ3) is 5.34. The Kier molecular flexibility index (Phi) is 6.22. The molecule has 0 spiro atoms. The van der Waals surface area contributed by atoms with Crippen molar-refractivity contribution >= 4 is 0 Å². The van der Waals surface area contributed by atoms with E-state index in [9.17, 15) is 0 Å². The van der Waals surface area contributed by atoms with Gasteiger partial charge in [-0.05, 0) is 65.7 Å². The molecule has 0 fully saturated rings. The molecule has 0 aromatic heterocycles. The second kappa shape index (κ2) is 7.49. The van der Waals surface area contributed by atoms with Crippen molar-refractivity contribution in [3.63, 3.8) is 0 Å². The van der Waals surface area contributed by atoms with Crippen molar-refractivity contribution in [1.82, 2.24) is 0 Å². The zero-order valence-corrected chi connectivity index (χ0v) is 11.2. The quantitative estimate of drug-likeness (QED) is 0.511. The molecule has 0 N–H and O–H groups in total. The van der Waals surface area contributed by atoms with Crippen molar-refractivity contribution < 1.29 is 0 Å². The molecule has 0 saturated carbocycles. The lowest BCUT2D eigenvalue weighted by atomic mass is 10.1. The maximum atomic E-state index is 2.43. The summed E-state index contributed by atoms with van der Waals surface area (Å²) in [5, 5.41) is 0. The van der Waals surface area contributed by atoms with Gasteiger partial charge in [0.25, 0.3) is 0 Å². The van der Waals surface area contributed by atoms with Gasteiger partial charge in [-0.25, -0.2) is 0 Å². The molecule has 0 radical (unpaired) electrons. The Labute approximate surface area is 101 Å². The van der Waals surface area contributed by atoms with Crippen LogP contribution in [0.4, 0.5) is 0 Å². The van der Waals surface area contributed by atoms with E-state index in [1.807, 2.05) is 0 Å². The minimum absolute atomic E-state index is 1.20. The average Bonchev–Trinajstić information content (AvgIpc) is 2.75. The molecule has 0 nitrogen and oxygen atoms in total. The molecular weight excluding hydrogens is 192 g/mol. The minimum Gasteiger partial charge on any atom is -0.0882 e. The maximum absolute atomic E-state index is 2.43. The van der Waals surface area contributed by atoms with E-state index in [0.717, 1.165) is 0 Å². The summed E-state index contributed by atoms with van der Waals surface area (Å²) in [6.07, 6.45) is 16.2. The third-order valence-electron chi connectivity index (χ3n) is 3.47. The van der Waals surface area contributed by atoms with Gasteiger partial charge in [-0.1, -0.05) is 34.9 Å². The van der Waals surface area contributed by atoms with Crippen LogP contribution in [0.2, 0.25) is 0 Å². The van der Waals surface area contributed by atoms with Crippen LogP contribution in [0.5, 0.6) is 0 Å². The monoisotopic (exact) mass is 218 g/mol. The molecule has 0 heterocycles. The van der Waals surface area contributed by atoms with E-state index in [2.05, 4.69) is 39.0 Å². The van der Waals surface area contributed by atoms with Crippen LogP contribution in [0, 0.1) is 0 Å². The summed E-state index contributed by atoms with van der Waals surface area (Å²) in [4.78, 5) is 0. The van der Waals surface area contributed by atoms with E-state index in [-0.39, 0.29) is 0 Å². The molecule has 0 amide bonds. The second-order valence-electron chi connectivity index (χ2n) is 5.08. The van der Waals surface area contributed by atoms with Gasteiger partial charge in [0.2, 0.25) is 0 Å². The van der Waals surface area contributed by atoms with E-state index in [1.54, 1.807) is 11.1 Å². The van der Waals surface area contributed by atoms with Gasteiger partial charge in [0.1, 0.15) is 0 Å². The summed E-state index contributed by atoms with van der Waals surface area (Å²) in [6, 6.07) is 0. The first-order valence-electron chi connectivity index (χ1n) is 6.66. The van der Waals surface area contributed by atoms with Gasteiger partial charge in [0.15, 0.2) is 0 Å². The SMILES string of the molecule is CC(C)=C(C)CC/C=C/CCC1=CCCC1. The van der Waals surface area contributed by atoms with Gasteiger partial charge in [0.05, 0.1) is 0 Å². The van der Waals surface area contributed by atoms with E-state index >= 15 is 0 Å². The summed E-state index contributed by atoms with van der Waals surface area (Å²) in [6.45, 7) is 6.64. The predicted molar refractivity (Wildman–Crippen MR) is 73.6 cm³/mol. The maximum Gasteiger partial charge on any atom is -0.0286 e. The Morgan fingerprint density at radius 3 is 2.56 bits per heavy atom. The first-order valence-corrected chi connectivity index (χ1v) is 6.66.